The topological polar surface area (TPSA) is 24.9 Å². The molecular weight excluding hydrogens is 244 g/mol. The predicted molar refractivity (Wildman–Crippen MR) is 75.8 cm³/mol. The summed E-state index contributed by atoms with van der Waals surface area (Å²) >= 11 is 5.97. The second-order valence-corrected chi connectivity index (χ2v) is 5.53. The highest BCUT2D eigenvalue weighted by Crippen LogP contribution is 2.45. The molecule has 1 aromatic carbocycles. The Kier molecular flexibility index (Phi) is 3.23. The average molecular weight is 261 g/mol. The monoisotopic (exact) mass is 260 g/mol. The third-order valence-corrected chi connectivity index (χ3v) is 4.30. The minimum absolute atomic E-state index is 0.389. The maximum Gasteiger partial charge on any atom is 0.0702 e. The van der Waals surface area contributed by atoms with Crippen LogP contribution >= 0.6 is 11.6 Å². The second-order valence-electron chi connectivity index (χ2n) is 5.27. The van der Waals surface area contributed by atoms with Crippen LogP contribution in [0, 0.1) is 5.41 Å². The molecular formula is C15H17ClN2. The number of hydrogen-bond acceptors (Lipinski definition) is 2. The molecule has 1 aromatic heterocycles. The molecule has 0 unspecified atom stereocenters. The zero-order chi connectivity index (χ0) is 12.4. The Hall–Kier alpha value is -1.12. The van der Waals surface area contributed by atoms with Crippen molar-refractivity contribution in [2.45, 2.75) is 19.4 Å². The zero-order valence-corrected chi connectivity index (χ0v) is 11.1. The van der Waals surface area contributed by atoms with Crippen LogP contribution < -0.4 is 5.32 Å². The average Bonchev–Trinajstić information content (AvgIpc) is 3.19. The number of alkyl halides is 1. The van der Waals surface area contributed by atoms with Gasteiger partial charge in [0.2, 0.25) is 0 Å². The Balaban J connectivity index is 1.64. The highest BCUT2D eigenvalue weighted by Gasteiger charge is 2.40. The van der Waals surface area contributed by atoms with E-state index in [0.717, 1.165) is 24.5 Å². The fraction of sp³-hybridized carbons (Fsp3) is 0.400. The highest BCUT2D eigenvalue weighted by atomic mass is 35.5. The van der Waals surface area contributed by atoms with Gasteiger partial charge in [0, 0.05) is 30.6 Å². The van der Waals surface area contributed by atoms with Gasteiger partial charge in [-0.1, -0.05) is 12.1 Å². The van der Waals surface area contributed by atoms with Crippen molar-refractivity contribution < 1.29 is 0 Å². The van der Waals surface area contributed by atoms with Crippen LogP contribution in [-0.4, -0.2) is 17.4 Å². The summed E-state index contributed by atoms with van der Waals surface area (Å²) < 4.78 is 0. The van der Waals surface area contributed by atoms with Crippen molar-refractivity contribution in [3.8, 4) is 0 Å². The van der Waals surface area contributed by atoms with Gasteiger partial charge in [-0.2, -0.15) is 0 Å². The van der Waals surface area contributed by atoms with Crippen LogP contribution in [0.1, 0.15) is 18.4 Å². The molecule has 3 heteroatoms. The summed E-state index contributed by atoms with van der Waals surface area (Å²) in [5, 5.41) is 4.72. The van der Waals surface area contributed by atoms with Crippen molar-refractivity contribution >= 4 is 22.5 Å². The highest BCUT2D eigenvalue weighted by molar-refractivity contribution is 6.18. The van der Waals surface area contributed by atoms with Crippen molar-refractivity contribution in [2.75, 3.05) is 12.4 Å². The van der Waals surface area contributed by atoms with Gasteiger partial charge in [-0.3, -0.25) is 4.98 Å². The molecule has 1 N–H and O–H groups in total. The van der Waals surface area contributed by atoms with E-state index in [4.69, 9.17) is 11.6 Å². The number of halogens is 1. The molecule has 0 bridgehead atoms. The van der Waals surface area contributed by atoms with E-state index >= 15 is 0 Å². The van der Waals surface area contributed by atoms with Gasteiger partial charge in [0.05, 0.1) is 5.52 Å². The van der Waals surface area contributed by atoms with Gasteiger partial charge in [0.1, 0.15) is 0 Å². The first-order valence-corrected chi connectivity index (χ1v) is 6.95. The predicted octanol–water partition coefficient (Wildman–Crippen LogP) is 3.34. The smallest absolute Gasteiger partial charge is 0.0702 e. The molecule has 1 saturated carbocycles. The molecule has 94 valence electrons. The lowest BCUT2D eigenvalue weighted by Gasteiger charge is -2.12. The van der Waals surface area contributed by atoms with E-state index in [1.807, 2.05) is 12.3 Å². The fourth-order valence-corrected chi connectivity index (χ4v) is 2.60. The van der Waals surface area contributed by atoms with Crippen molar-refractivity contribution in [2.24, 2.45) is 5.41 Å². The van der Waals surface area contributed by atoms with Crippen molar-refractivity contribution in [3.05, 3.63) is 42.1 Å². The number of rotatable bonds is 5. The number of aromatic nitrogens is 1. The zero-order valence-electron chi connectivity index (χ0n) is 10.3. The number of nitrogens with zero attached hydrogens (tertiary/aromatic N) is 1. The largest absolute Gasteiger partial charge is 0.312 e. The fourth-order valence-electron chi connectivity index (χ4n) is 2.24. The Bertz CT molecular complexity index is 549. The Morgan fingerprint density at radius 1 is 1.28 bits per heavy atom. The minimum Gasteiger partial charge on any atom is -0.312 e. The van der Waals surface area contributed by atoms with Crippen LogP contribution in [0.3, 0.4) is 0 Å². The van der Waals surface area contributed by atoms with Crippen LogP contribution in [0.15, 0.2) is 36.5 Å². The molecule has 0 saturated heterocycles. The SMILES string of the molecule is ClCC1(CNCc2ccc3ncccc3c2)CC1. The summed E-state index contributed by atoms with van der Waals surface area (Å²) in [4.78, 5) is 4.33. The number of pyridine rings is 1. The first kappa shape index (κ1) is 11.9. The lowest BCUT2D eigenvalue weighted by molar-refractivity contribution is 0.505. The van der Waals surface area contributed by atoms with E-state index in [0.29, 0.717) is 5.41 Å². The van der Waals surface area contributed by atoms with Crippen LogP contribution in [0.5, 0.6) is 0 Å². The van der Waals surface area contributed by atoms with E-state index in [9.17, 15) is 0 Å². The summed E-state index contributed by atoms with van der Waals surface area (Å²) in [6.07, 6.45) is 4.37. The lowest BCUT2D eigenvalue weighted by atomic mass is 10.1. The molecule has 0 amide bonds. The summed E-state index contributed by atoms with van der Waals surface area (Å²) in [6.45, 7) is 1.94. The normalized spacial score (nSPS) is 16.9. The summed E-state index contributed by atoms with van der Waals surface area (Å²) in [5.74, 6) is 0.779. The van der Waals surface area contributed by atoms with Crippen molar-refractivity contribution in [1.82, 2.24) is 10.3 Å². The van der Waals surface area contributed by atoms with Gasteiger partial charge in [-0.15, -0.1) is 11.6 Å². The van der Waals surface area contributed by atoms with Gasteiger partial charge in [-0.05, 0) is 42.0 Å². The molecule has 3 rings (SSSR count). The summed E-state index contributed by atoms with van der Waals surface area (Å²) in [7, 11) is 0. The molecule has 18 heavy (non-hydrogen) atoms. The molecule has 0 atom stereocenters. The van der Waals surface area contributed by atoms with Gasteiger partial charge < -0.3 is 5.32 Å². The second kappa shape index (κ2) is 4.87. The molecule has 1 aliphatic rings. The van der Waals surface area contributed by atoms with E-state index < -0.39 is 0 Å². The van der Waals surface area contributed by atoms with Gasteiger partial charge in [-0.25, -0.2) is 0 Å². The molecule has 2 nitrogen and oxygen atoms in total. The quantitative estimate of drug-likeness (QED) is 0.834. The number of hydrogen-bond donors (Lipinski definition) is 1. The minimum atomic E-state index is 0.389. The molecule has 2 aromatic rings. The maximum atomic E-state index is 5.97. The molecule has 1 aliphatic carbocycles. The summed E-state index contributed by atoms with van der Waals surface area (Å²) in [6, 6.07) is 10.5. The van der Waals surface area contributed by atoms with E-state index in [1.165, 1.54) is 23.8 Å². The third-order valence-electron chi connectivity index (χ3n) is 3.74. The third kappa shape index (κ3) is 2.50. The van der Waals surface area contributed by atoms with Gasteiger partial charge in [0.25, 0.3) is 0 Å². The van der Waals surface area contributed by atoms with Crippen LogP contribution in [0.25, 0.3) is 10.9 Å². The van der Waals surface area contributed by atoms with E-state index in [2.05, 4.69) is 34.6 Å². The first-order chi connectivity index (χ1) is 8.81. The summed E-state index contributed by atoms with van der Waals surface area (Å²) in [5.41, 5.74) is 2.75. The van der Waals surface area contributed by atoms with Crippen LogP contribution in [-0.2, 0) is 6.54 Å². The molecule has 0 aliphatic heterocycles. The maximum absolute atomic E-state index is 5.97. The Morgan fingerprint density at radius 3 is 2.94 bits per heavy atom. The van der Waals surface area contributed by atoms with Crippen LogP contribution in [0.2, 0.25) is 0 Å². The molecule has 0 spiro atoms. The van der Waals surface area contributed by atoms with Crippen molar-refractivity contribution in [1.29, 1.82) is 0 Å². The molecule has 1 heterocycles. The standard InChI is InChI=1S/C15H17ClN2/c16-10-15(5-6-15)11-17-9-12-3-4-14-13(8-12)2-1-7-18-14/h1-4,7-8,17H,5-6,9-11H2. The van der Waals surface area contributed by atoms with E-state index in [1.54, 1.807) is 0 Å². The van der Waals surface area contributed by atoms with Gasteiger partial charge >= 0.3 is 0 Å². The number of benzene rings is 1. The lowest BCUT2D eigenvalue weighted by Crippen LogP contribution is -2.24. The van der Waals surface area contributed by atoms with Crippen LogP contribution in [0.4, 0.5) is 0 Å². The van der Waals surface area contributed by atoms with Gasteiger partial charge in [0.15, 0.2) is 0 Å². The number of nitrogens with one attached hydrogen (secondary N) is 1. The van der Waals surface area contributed by atoms with Crippen molar-refractivity contribution in [3.63, 3.8) is 0 Å². The molecule has 0 radical (unpaired) electrons. The number of fused-ring (bicyclic) bond motifs is 1. The van der Waals surface area contributed by atoms with E-state index in [-0.39, 0.29) is 0 Å². The first-order valence-electron chi connectivity index (χ1n) is 6.42. The molecule has 1 fully saturated rings. The Labute approximate surface area is 112 Å². The Morgan fingerprint density at radius 2 is 2.17 bits per heavy atom.